The minimum atomic E-state index is -0.286. The molecule has 2 aromatic heterocycles. The number of rotatable bonds is 4. The highest BCUT2D eigenvalue weighted by molar-refractivity contribution is 7.20. The van der Waals surface area contributed by atoms with Crippen LogP contribution in [0.3, 0.4) is 0 Å². The van der Waals surface area contributed by atoms with Gasteiger partial charge in [-0.1, -0.05) is 12.1 Å². The first-order valence-corrected chi connectivity index (χ1v) is 8.98. The van der Waals surface area contributed by atoms with E-state index in [4.69, 9.17) is 0 Å². The fraction of sp³-hybridized carbons (Fsp3) is 0.118. The average molecular weight is 357 g/mol. The van der Waals surface area contributed by atoms with Gasteiger partial charge in [0.15, 0.2) is 0 Å². The molecule has 0 radical (unpaired) electrons. The van der Waals surface area contributed by atoms with Crippen molar-refractivity contribution in [1.82, 2.24) is 10.3 Å². The predicted molar refractivity (Wildman–Crippen MR) is 97.9 cm³/mol. The van der Waals surface area contributed by atoms with Crippen LogP contribution < -0.4 is 10.6 Å². The molecule has 24 heavy (non-hydrogen) atoms. The van der Waals surface area contributed by atoms with Crippen molar-refractivity contribution in [2.24, 2.45) is 0 Å². The summed E-state index contributed by atoms with van der Waals surface area (Å²) in [5.41, 5.74) is 2.23. The van der Waals surface area contributed by atoms with Crippen molar-refractivity contribution in [3.8, 4) is 9.88 Å². The summed E-state index contributed by atoms with van der Waals surface area (Å²) in [4.78, 5) is 29.7. The Hall–Kier alpha value is -2.51. The van der Waals surface area contributed by atoms with Crippen LogP contribution in [-0.4, -0.2) is 23.8 Å². The molecule has 0 aliphatic rings. The highest BCUT2D eigenvalue weighted by Gasteiger charge is 2.15. The normalized spacial score (nSPS) is 10.4. The van der Waals surface area contributed by atoms with Gasteiger partial charge in [0.25, 0.3) is 11.8 Å². The van der Waals surface area contributed by atoms with E-state index in [2.05, 4.69) is 15.6 Å². The van der Waals surface area contributed by atoms with E-state index in [1.54, 1.807) is 48.9 Å². The molecular formula is C17H15N3O2S2. The molecule has 0 aliphatic heterocycles. The van der Waals surface area contributed by atoms with Crippen LogP contribution in [-0.2, 0) is 0 Å². The minimum Gasteiger partial charge on any atom is -0.355 e. The Bertz CT molecular complexity index is 885. The van der Waals surface area contributed by atoms with Crippen molar-refractivity contribution in [3.05, 3.63) is 57.9 Å². The van der Waals surface area contributed by atoms with Gasteiger partial charge in [0.05, 0.1) is 4.88 Å². The van der Waals surface area contributed by atoms with Crippen LogP contribution in [0.25, 0.3) is 9.88 Å². The van der Waals surface area contributed by atoms with Gasteiger partial charge in [-0.2, -0.15) is 0 Å². The molecule has 0 spiro atoms. The molecule has 0 bridgehead atoms. The molecule has 0 saturated heterocycles. The van der Waals surface area contributed by atoms with Gasteiger partial charge in [0.2, 0.25) is 0 Å². The van der Waals surface area contributed by atoms with Crippen molar-refractivity contribution < 1.29 is 9.59 Å². The van der Waals surface area contributed by atoms with E-state index in [0.717, 1.165) is 15.4 Å². The van der Waals surface area contributed by atoms with Crippen molar-refractivity contribution in [2.45, 2.75) is 6.92 Å². The van der Waals surface area contributed by atoms with E-state index in [0.29, 0.717) is 16.9 Å². The van der Waals surface area contributed by atoms with Crippen molar-refractivity contribution in [3.63, 3.8) is 0 Å². The molecule has 7 heteroatoms. The third-order valence-electron chi connectivity index (χ3n) is 3.52. The second-order valence-electron chi connectivity index (χ2n) is 5.03. The lowest BCUT2D eigenvalue weighted by Gasteiger charge is -2.11. The van der Waals surface area contributed by atoms with Crippen LogP contribution in [0.2, 0.25) is 0 Å². The number of nitrogens with one attached hydrogen (secondary N) is 2. The Labute approximate surface area is 147 Å². The fourth-order valence-corrected chi connectivity index (χ4v) is 3.84. The van der Waals surface area contributed by atoms with Crippen LogP contribution in [0.5, 0.6) is 0 Å². The number of nitrogens with zero attached hydrogens (tertiary/aromatic N) is 1. The molecule has 0 unspecified atom stereocenters. The number of amides is 2. The molecule has 3 aromatic rings. The maximum Gasteiger partial charge on any atom is 0.275 e. The van der Waals surface area contributed by atoms with Crippen molar-refractivity contribution in [2.75, 3.05) is 12.4 Å². The van der Waals surface area contributed by atoms with E-state index >= 15 is 0 Å². The summed E-state index contributed by atoms with van der Waals surface area (Å²) in [5, 5.41) is 9.96. The summed E-state index contributed by atoms with van der Waals surface area (Å²) < 4.78 is 0. The van der Waals surface area contributed by atoms with Crippen LogP contribution in [0.1, 0.15) is 26.4 Å². The molecule has 122 valence electrons. The molecule has 0 aliphatic carbocycles. The lowest BCUT2D eigenvalue weighted by molar-refractivity contribution is 0.0960. The molecule has 2 N–H and O–H groups in total. The number of benzene rings is 1. The minimum absolute atomic E-state index is 0.183. The number of carbonyl (C=O) groups is 2. The van der Waals surface area contributed by atoms with E-state index in [1.807, 2.05) is 17.5 Å². The Morgan fingerprint density at radius 1 is 1.08 bits per heavy atom. The highest BCUT2D eigenvalue weighted by Crippen LogP contribution is 2.28. The molecule has 3 rings (SSSR count). The number of hydrogen-bond donors (Lipinski definition) is 2. The van der Waals surface area contributed by atoms with Gasteiger partial charge in [-0.3, -0.25) is 9.59 Å². The molecule has 1 aromatic carbocycles. The average Bonchev–Trinajstić information content (AvgIpc) is 3.27. The number of thiazole rings is 1. The number of anilines is 1. The Balaban J connectivity index is 1.82. The van der Waals surface area contributed by atoms with Gasteiger partial charge in [-0.25, -0.2) is 4.98 Å². The molecule has 0 fully saturated rings. The maximum atomic E-state index is 12.4. The predicted octanol–water partition coefficient (Wildman–Crippen LogP) is 3.79. The van der Waals surface area contributed by atoms with Crippen molar-refractivity contribution >= 4 is 40.2 Å². The lowest BCUT2D eigenvalue weighted by Crippen LogP contribution is -2.20. The largest absolute Gasteiger partial charge is 0.355 e. The van der Waals surface area contributed by atoms with Crippen LogP contribution in [0.15, 0.2) is 41.1 Å². The van der Waals surface area contributed by atoms with E-state index < -0.39 is 0 Å². The van der Waals surface area contributed by atoms with Gasteiger partial charge in [0.1, 0.15) is 10.7 Å². The number of hydrogen-bond acceptors (Lipinski definition) is 5. The zero-order valence-electron chi connectivity index (χ0n) is 13.1. The molecule has 2 heterocycles. The van der Waals surface area contributed by atoms with E-state index in [1.165, 1.54) is 11.3 Å². The number of carbonyl (C=O) groups excluding carboxylic acids is 2. The quantitative estimate of drug-likeness (QED) is 0.746. The molecule has 0 saturated carbocycles. The number of aromatic nitrogens is 1. The second-order valence-corrected chi connectivity index (χ2v) is 6.83. The molecule has 5 nitrogen and oxygen atoms in total. The van der Waals surface area contributed by atoms with Gasteiger partial charge < -0.3 is 10.6 Å². The SMILES string of the molecule is CNC(=O)c1cccc(NC(=O)c2csc(-c3cccs3)n2)c1C. The summed E-state index contributed by atoms with van der Waals surface area (Å²) >= 11 is 3.02. The smallest absolute Gasteiger partial charge is 0.275 e. The second kappa shape index (κ2) is 6.94. The third kappa shape index (κ3) is 3.22. The van der Waals surface area contributed by atoms with E-state index in [-0.39, 0.29) is 11.8 Å². The summed E-state index contributed by atoms with van der Waals surface area (Å²) in [6.45, 7) is 1.80. The Kier molecular flexibility index (Phi) is 4.73. The summed E-state index contributed by atoms with van der Waals surface area (Å²) in [7, 11) is 1.58. The van der Waals surface area contributed by atoms with Crippen LogP contribution in [0, 0.1) is 6.92 Å². The highest BCUT2D eigenvalue weighted by atomic mass is 32.1. The zero-order chi connectivity index (χ0) is 17.1. The summed E-state index contributed by atoms with van der Waals surface area (Å²) in [6, 6.07) is 9.16. The standard InChI is InChI=1S/C17H15N3O2S2/c1-10-11(15(21)18-2)5-3-6-12(10)19-16(22)13-9-24-17(20-13)14-7-4-8-23-14/h3-9H,1-2H3,(H,18,21)(H,19,22). The number of thiophene rings is 1. The van der Waals surface area contributed by atoms with Gasteiger partial charge >= 0.3 is 0 Å². The Morgan fingerprint density at radius 2 is 1.92 bits per heavy atom. The van der Waals surface area contributed by atoms with Gasteiger partial charge in [-0.15, -0.1) is 22.7 Å². The monoisotopic (exact) mass is 357 g/mol. The van der Waals surface area contributed by atoms with Crippen molar-refractivity contribution in [1.29, 1.82) is 0 Å². The molecular weight excluding hydrogens is 342 g/mol. The zero-order valence-corrected chi connectivity index (χ0v) is 14.8. The summed E-state index contributed by atoms with van der Waals surface area (Å²) in [5.74, 6) is -0.469. The third-order valence-corrected chi connectivity index (χ3v) is 5.40. The first kappa shape index (κ1) is 16.4. The maximum absolute atomic E-state index is 12.4. The first-order chi connectivity index (χ1) is 11.6. The van der Waals surface area contributed by atoms with Gasteiger partial charge in [-0.05, 0) is 36.1 Å². The van der Waals surface area contributed by atoms with Gasteiger partial charge in [0, 0.05) is 23.7 Å². The lowest BCUT2D eigenvalue weighted by atomic mass is 10.1. The van der Waals surface area contributed by atoms with Crippen LogP contribution in [0.4, 0.5) is 5.69 Å². The summed E-state index contributed by atoms with van der Waals surface area (Å²) in [6.07, 6.45) is 0. The topological polar surface area (TPSA) is 71.1 Å². The Morgan fingerprint density at radius 3 is 2.62 bits per heavy atom. The van der Waals surface area contributed by atoms with E-state index in [9.17, 15) is 9.59 Å². The molecule has 2 amide bonds. The van der Waals surface area contributed by atoms with Crippen LogP contribution >= 0.6 is 22.7 Å². The first-order valence-electron chi connectivity index (χ1n) is 7.22. The fourth-order valence-electron chi connectivity index (χ4n) is 2.23. The molecule has 0 atom stereocenters.